The second-order valence-electron chi connectivity index (χ2n) is 5.26. The molecule has 1 aromatic carbocycles. The van der Waals surface area contributed by atoms with E-state index < -0.39 is 11.6 Å². The van der Waals surface area contributed by atoms with Gasteiger partial charge < -0.3 is 9.80 Å². The minimum Gasteiger partial charge on any atom is -0.367 e. The number of ketones is 2. The first kappa shape index (κ1) is 13.5. The Morgan fingerprint density at radius 1 is 1.00 bits per heavy atom. The summed E-state index contributed by atoms with van der Waals surface area (Å²) in [5, 5.41) is 0. The third-order valence-corrected chi connectivity index (χ3v) is 4.00. The van der Waals surface area contributed by atoms with Crippen LogP contribution in [0.1, 0.15) is 22.8 Å². The van der Waals surface area contributed by atoms with Crippen LogP contribution in [0, 0.1) is 0 Å². The highest BCUT2D eigenvalue weighted by atomic mass is 16.2. The summed E-state index contributed by atoms with van der Waals surface area (Å²) in [4.78, 5) is 39.0. The number of Topliss-reactive ketones (excluding diaryl/α,β-unsaturated/α-hetero) is 1. The number of carbonyl (C=O) groups is 3. The summed E-state index contributed by atoms with van der Waals surface area (Å²) in [6, 6.07) is 7.18. The van der Waals surface area contributed by atoms with Crippen molar-refractivity contribution in [2.75, 3.05) is 26.2 Å². The quantitative estimate of drug-likeness (QED) is 0.721. The van der Waals surface area contributed by atoms with Crippen molar-refractivity contribution in [3.05, 3.63) is 41.5 Å². The maximum Gasteiger partial charge on any atom is 0.233 e. The van der Waals surface area contributed by atoms with Gasteiger partial charge in [-0.2, -0.15) is 0 Å². The van der Waals surface area contributed by atoms with Crippen LogP contribution in [0.4, 0.5) is 0 Å². The summed E-state index contributed by atoms with van der Waals surface area (Å²) in [7, 11) is 0. The highest BCUT2D eigenvalue weighted by Gasteiger charge is 2.29. The van der Waals surface area contributed by atoms with Crippen LogP contribution in [0.25, 0.3) is 5.70 Å². The van der Waals surface area contributed by atoms with E-state index in [2.05, 4.69) is 4.90 Å². The number of fused-ring (bicyclic) bond motifs is 1. The first-order valence-electron chi connectivity index (χ1n) is 6.98. The average Bonchev–Trinajstić information content (AvgIpc) is 2.51. The molecule has 0 saturated carbocycles. The number of piperazine rings is 1. The SMILES string of the molecule is CC(=O)N1CCN(C2=CC(=O)C(=O)c3ccccc32)CC1. The summed E-state index contributed by atoms with van der Waals surface area (Å²) < 4.78 is 0. The molecule has 2 aliphatic rings. The van der Waals surface area contributed by atoms with Gasteiger partial charge in [0.05, 0.1) is 0 Å². The summed E-state index contributed by atoms with van der Waals surface area (Å²) in [5.74, 6) is -0.853. The van der Waals surface area contributed by atoms with Gasteiger partial charge in [-0.15, -0.1) is 0 Å². The predicted molar refractivity (Wildman–Crippen MR) is 77.6 cm³/mol. The molecule has 5 heteroatoms. The first-order chi connectivity index (χ1) is 10.1. The zero-order valence-corrected chi connectivity index (χ0v) is 11.8. The monoisotopic (exact) mass is 284 g/mol. The van der Waals surface area contributed by atoms with Crippen molar-refractivity contribution >= 4 is 23.2 Å². The summed E-state index contributed by atoms with van der Waals surface area (Å²) in [6.07, 6.45) is 1.42. The molecule has 0 spiro atoms. The number of amides is 1. The molecular weight excluding hydrogens is 268 g/mol. The van der Waals surface area contributed by atoms with Gasteiger partial charge in [-0.3, -0.25) is 14.4 Å². The van der Waals surface area contributed by atoms with E-state index in [9.17, 15) is 14.4 Å². The average molecular weight is 284 g/mol. The zero-order chi connectivity index (χ0) is 15.0. The Morgan fingerprint density at radius 2 is 1.62 bits per heavy atom. The fraction of sp³-hybridized carbons (Fsp3) is 0.312. The van der Waals surface area contributed by atoms with Crippen molar-refractivity contribution in [1.29, 1.82) is 0 Å². The molecule has 1 saturated heterocycles. The normalized spacial score (nSPS) is 18.4. The topological polar surface area (TPSA) is 57.7 Å². The van der Waals surface area contributed by atoms with Crippen molar-refractivity contribution in [2.24, 2.45) is 0 Å². The molecule has 1 heterocycles. The van der Waals surface area contributed by atoms with Gasteiger partial charge in [-0.1, -0.05) is 24.3 Å². The Kier molecular flexibility index (Phi) is 3.33. The van der Waals surface area contributed by atoms with Gasteiger partial charge in [0.25, 0.3) is 0 Å². The minimum atomic E-state index is -0.474. The van der Waals surface area contributed by atoms with Gasteiger partial charge in [-0.05, 0) is 0 Å². The highest BCUT2D eigenvalue weighted by Crippen LogP contribution is 2.28. The Morgan fingerprint density at radius 3 is 2.24 bits per heavy atom. The molecule has 1 aliphatic carbocycles. The maximum absolute atomic E-state index is 11.9. The van der Waals surface area contributed by atoms with Gasteiger partial charge >= 0.3 is 0 Å². The lowest BCUT2D eigenvalue weighted by Gasteiger charge is -2.38. The molecule has 108 valence electrons. The van der Waals surface area contributed by atoms with Gasteiger partial charge in [-0.25, -0.2) is 0 Å². The van der Waals surface area contributed by atoms with Crippen LogP contribution in [0.5, 0.6) is 0 Å². The van der Waals surface area contributed by atoms with E-state index in [0.29, 0.717) is 31.7 Å². The lowest BCUT2D eigenvalue weighted by atomic mass is 9.92. The van der Waals surface area contributed by atoms with Crippen LogP contribution in [-0.4, -0.2) is 53.5 Å². The van der Waals surface area contributed by atoms with Crippen LogP contribution in [0.15, 0.2) is 30.3 Å². The molecule has 0 unspecified atom stereocenters. The number of carbonyl (C=O) groups excluding carboxylic acids is 3. The predicted octanol–water partition coefficient (Wildman–Crippen LogP) is 0.957. The number of rotatable bonds is 1. The van der Waals surface area contributed by atoms with Crippen LogP contribution < -0.4 is 0 Å². The Labute approximate surface area is 122 Å². The molecule has 1 amide bonds. The standard InChI is InChI=1S/C16H16N2O3/c1-11(19)17-6-8-18(9-7-17)14-10-15(20)16(21)13-5-3-2-4-12(13)14/h2-5,10H,6-9H2,1H3. The molecule has 3 rings (SSSR count). The summed E-state index contributed by atoms with van der Waals surface area (Å²) in [5.41, 5.74) is 2.06. The van der Waals surface area contributed by atoms with E-state index in [1.807, 2.05) is 12.1 Å². The lowest BCUT2D eigenvalue weighted by Crippen LogP contribution is -2.47. The molecule has 1 fully saturated rings. The van der Waals surface area contributed by atoms with E-state index >= 15 is 0 Å². The van der Waals surface area contributed by atoms with Gasteiger partial charge in [0.15, 0.2) is 0 Å². The lowest BCUT2D eigenvalue weighted by molar-refractivity contribution is -0.130. The molecule has 5 nitrogen and oxygen atoms in total. The Balaban J connectivity index is 1.89. The smallest absolute Gasteiger partial charge is 0.233 e. The van der Waals surface area contributed by atoms with Crippen molar-refractivity contribution in [1.82, 2.24) is 9.80 Å². The summed E-state index contributed by atoms with van der Waals surface area (Å²) in [6.45, 7) is 4.17. The van der Waals surface area contributed by atoms with Crippen molar-refractivity contribution in [3.63, 3.8) is 0 Å². The van der Waals surface area contributed by atoms with Crippen molar-refractivity contribution in [2.45, 2.75) is 6.92 Å². The largest absolute Gasteiger partial charge is 0.367 e. The molecule has 0 bridgehead atoms. The summed E-state index contributed by atoms with van der Waals surface area (Å²) >= 11 is 0. The third-order valence-electron chi connectivity index (χ3n) is 4.00. The molecule has 21 heavy (non-hydrogen) atoms. The third kappa shape index (κ3) is 2.35. The molecular formula is C16H16N2O3. The van der Waals surface area contributed by atoms with E-state index in [4.69, 9.17) is 0 Å². The molecule has 0 aromatic heterocycles. The maximum atomic E-state index is 11.9. The number of allylic oxidation sites excluding steroid dienone is 1. The Hall–Kier alpha value is -2.43. The number of nitrogens with zero attached hydrogens (tertiary/aromatic N) is 2. The van der Waals surface area contributed by atoms with Crippen LogP contribution in [0.3, 0.4) is 0 Å². The van der Waals surface area contributed by atoms with Crippen molar-refractivity contribution in [3.8, 4) is 0 Å². The fourth-order valence-corrected chi connectivity index (χ4v) is 2.83. The van der Waals surface area contributed by atoms with Gasteiger partial charge in [0, 0.05) is 56.0 Å². The molecule has 0 N–H and O–H groups in total. The fourth-order valence-electron chi connectivity index (χ4n) is 2.83. The van der Waals surface area contributed by atoms with E-state index in [1.54, 1.807) is 24.0 Å². The van der Waals surface area contributed by atoms with Crippen LogP contribution in [-0.2, 0) is 9.59 Å². The Bertz CT molecular complexity index is 655. The van der Waals surface area contributed by atoms with E-state index in [0.717, 1.165) is 11.3 Å². The highest BCUT2D eigenvalue weighted by molar-refractivity contribution is 6.50. The zero-order valence-electron chi connectivity index (χ0n) is 11.8. The van der Waals surface area contributed by atoms with Crippen LogP contribution in [0.2, 0.25) is 0 Å². The number of benzene rings is 1. The van der Waals surface area contributed by atoms with Gasteiger partial charge in [0.1, 0.15) is 0 Å². The molecule has 1 aromatic rings. The van der Waals surface area contributed by atoms with Crippen LogP contribution >= 0.6 is 0 Å². The van der Waals surface area contributed by atoms with E-state index in [-0.39, 0.29) is 5.91 Å². The minimum absolute atomic E-state index is 0.0685. The van der Waals surface area contributed by atoms with E-state index in [1.165, 1.54) is 6.08 Å². The van der Waals surface area contributed by atoms with Crippen molar-refractivity contribution < 1.29 is 14.4 Å². The number of hydrogen-bond acceptors (Lipinski definition) is 4. The molecule has 0 radical (unpaired) electrons. The van der Waals surface area contributed by atoms with Gasteiger partial charge in [0.2, 0.25) is 17.5 Å². The molecule has 1 aliphatic heterocycles. The molecule has 0 atom stereocenters. The first-order valence-corrected chi connectivity index (χ1v) is 6.98. The number of hydrogen-bond donors (Lipinski definition) is 0. The second-order valence-corrected chi connectivity index (χ2v) is 5.26. The second kappa shape index (κ2) is 5.16.